The van der Waals surface area contributed by atoms with Crippen LogP contribution in [0.1, 0.15) is 16.5 Å². The minimum Gasteiger partial charge on any atom is -0.215 e. The molecule has 0 aliphatic heterocycles. The van der Waals surface area contributed by atoms with Gasteiger partial charge in [-0.25, -0.2) is 8.42 Å². The number of sulfone groups is 1. The van der Waals surface area contributed by atoms with Gasteiger partial charge in [0.1, 0.15) is 0 Å². The number of rotatable bonds is 3. The molecule has 2 aromatic carbocycles. The fourth-order valence-electron chi connectivity index (χ4n) is 1.89. The smallest absolute Gasteiger partial charge is 0.215 e. The van der Waals surface area contributed by atoms with Crippen LogP contribution in [-0.2, 0) is 9.84 Å². The molecular formula is C15H12Cl2NO2S+. The molecule has 0 amide bonds. The second kappa shape index (κ2) is 6.07. The normalized spacial score (nSPS) is 12.7. The summed E-state index contributed by atoms with van der Waals surface area (Å²) in [4.78, 5) is 3.63. The van der Waals surface area contributed by atoms with Crippen LogP contribution in [0, 0.1) is 13.5 Å². The quantitative estimate of drug-likeness (QED) is 0.809. The van der Waals surface area contributed by atoms with Crippen molar-refractivity contribution in [3.63, 3.8) is 0 Å². The van der Waals surface area contributed by atoms with Crippen molar-refractivity contribution in [3.05, 3.63) is 68.5 Å². The van der Waals surface area contributed by atoms with Gasteiger partial charge in [0, 0.05) is 5.02 Å². The summed E-state index contributed by atoms with van der Waals surface area (Å²) in [7, 11) is -3.79. The molecule has 0 N–H and O–H groups in total. The molecule has 0 saturated carbocycles. The van der Waals surface area contributed by atoms with Crippen LogP contribution in [0.15, 0.2) is 47.4 Å². The first-order chi connectivity index (χ1) is 9.86. The van der Waals surface area contributed by atoms with Gasteiger partial charge in [-0.1, -0.05) is 45.7 Å². The maximum atomic E-state index is 12.7. The molecule has 1 atom stereocenters. The Morgan fingerprint density at radius 2 is 1.71 bits per heavy atom. The molecule has 0 aliphatic carbocycles. The molecule has 0 bridgehead atoms. The van der Waals surface area contributed by atoms with Crippen LogP contribution < -0.4 is 0 Å². The highest BCUT2D eigenvalue weighted by molar-refractivity contribution is 7.91. The third kappa shape index (κ3) is 3.21. The summed E-state index contributed by atoms with van der Waals surface area (Å²) in [6.07, 6.45) is 0. The Labute approximate surface area is 133 Å². The van der Waals surface area contributed by atoms with Gasteiger partial charge < -0.3 is 0 Å². The summed E-state index contributed by atoms with van der Waals surface area (Å²) < 4.78 is 25.3. The van der Waals surface area contributed by atoms with Gasteiger partial charge in [-0.15, -0.1) is 0 Å². The van der Waals surface area contributed by atoms with Gasteiger partial charge in [-0.3, -0.25) is 0 Å². The van der Waals surface area contributed by atoms with E-state index in [2.05, 4.69) is 4.85 Å². The molecule has 2 aromatic rings. The lowest BCUT2D eigenvalue weighted by Gasteiger charge is -2.07. The predicted molar refractivity (Wildman–Crippen MR) is 85.9 cm³/mol. The van der Waals surface area contributed by atoms with Crippen LogP contribution in [0.3, 0.4) is 0 Å². The fraction of sp³-hybridized carbons (Fsp3) is 0.133. The van der Waals surface area contributed by atoms with Crippen molar-refractivity contribution in [3.8, 4) is 6.57 Å². The highest BCUT2D eigenvalue weighted by Crippen LogP contribution is 2.35. The third-order valence-electron chi connectivity index (χ3n) is 3.00. The highest BCUT2D eigenvalue weighted by Gasteiger charge is 2.39. The Hall–Kier alpha value is -1.54. The fourth-order valence-corrected chi connectivity index (χ4v) is 3.82. The van der Waals surface area contributed by atoms with E-state index in [9.17, 15) is 8.42 Å². The average molecular weight is 341 g/mol. The third-order valence-corrected chi connectivity index (χ3v) is 5.47. The van der Waals surface area contributed by atoms with Crippen molar-refractivity contribution in [2.45, 2.75) is 17.2 Å². The molecule has 0 fully saturated rings. The Kier molecular flexibility index (Phi) is 4.58. The predicted octanol–water partition coefficient (Wildman–Crippen LogP) is 4.74. The summed E-state index contributed by atoms with van der Waals surface area (Å²) in [6, 6.07) is 11.0. The molecule has 0 aromatic heterocycles. The number of halogens is 2. The first-order valence-electron chi connectivity index (χ1n) is 6.02. The second-order valence-corrected chi connectivity index (χ2v) is 7.38. The van der Waals surface area contributed by atoms with Gasteiger partial charge >= 0.3 is 5.37 Å². The molecule has 3 nitrogen and oxygen atoms in total. The number of hydrogen-bond donors (Lipinski definition) is 0. The monoisotopic (exact) mass is 340 g/mol. The van der Waals surface area contributed by atoms with E-state index in [0.717, 1.165) is 5.56 Å². The number of nitrogens with zero attached hydrogens (tertiary/aromatic N) is 1. The van der Waals surface area contributed by atoms with E-state index < -0.39 is 15.2 Å². The lowest BCUT2D eigenvalue weighted by molar-refractivity contribution is 0.590. The molecule has 108 valence electrons. The van der Waals surface area contributed by atoms with Crippen LogP contribution in [0.4, 0.5) is 0 Å². The van der Waals surface area contributed by atoms with Gasteiger partial charge in [0.25, 0.3) is 16.4 Å². The topological polar surface area (TPSA) is 38.5 Å². The van der Waals surface area contributed by atoms with Crippen LogP contribution in [0.2, 0.25) is 10.0 Å². The van der Waals surface area contributed by atoms with Crippen molar-refractivity contribution in [2.75, 3.05) is 0 Å². The molecule has 2 rings (SSSR count). The first-order valence-corrected chi connectivity index (χ1v) is 8.32. The van der Waals surface area contributed by atoms with Crippen molar-refractivity contribution in [2.24, 2.45) is 0 Å². The molecule has 0 saturated heterocycles. The van der Waals surface area contributed by atoms with Crippen LogP contribution in [0.25, 0.3) is 4.85 Å². The van der Waals surface area contributed by atoms with Gasteiger partial charge in [0.2, 0.25) is 0 Å². The standard InChI is InChI=1S/C15H12Cl2NO2S/c1-10-3-6-12(7-4-10)21(19,20)15(18-2)13-9-11(16)5-8-14(13)17/h2-9,15H,1H3/q+1/t15-/m1/s1. The molecule has 0 spiro atoms. The Bertz CT molecular complexity index is 809. The summed E-state index contributed by atoms with van der Waals surface area (Å²) in [5.41, 5.74) is 1.21. The van der Waals surface area contributed by atoms with Crippen molar-refractivity contribution in [1.82, 2.24) is 0 Å². The zero-order chi connectivity index (χ0) is 15.6. The van der Waals surface area contributed by atoms with Crippen LogP contribution >= 0.6 is 23.2 Å². The van der Waals surface area contributed by atoms with E-state index in [1.807, 2.05) is 6.92 Å². The molecule has 0 heterocycles. The summed E-state index contributed by atoms with van der Waals surface area (Å²) in [6.45, 7) is 7.19. The minimum absolute atomic E-state index is 0.128. The van der Waals surface area contributed by atoms with E-state index in [0.29, 0.717) is 5.02 Å². The van der Waals surface area contributed by atoms with E-state index in [1.165, 1.54) is 24.3 Å². The number of hydrogen-bond acceptors (Lipinski definition) is 2. The van der Waals surface area contributed by atoms with E-state index in [1.54, 1.807) is 18.2 Å². The largest absolute Gasteiger partial charge is 0.399 e. The lowest BCUT2D eigenvalue weighted by Crippen LogP contribution is -2.11. The molecule has 0 aliphatic rings. The van der Waals surface area contributed by atoms with Crippen LogP contribution in [-0.4, -0.2) is 8.42 Å². The zero-order valence-corrected chi connectivity index (χ0v) is 13.5. The van der Waals surface area contributed by atoms with Crippen molar-refractivity contribution >= 4 is 33.0 Å². The van der Waals surface area contributed by atoms with E-state index in [-0.39, 0.29) is 15.5 Å². The molecule has 6 heteroatoms. The van der Waals surface area contributed by atoms with Gasteiger partial charge in [-0.05, 0) is 37.3 Å². The van der Waals surface area contributed by atoms with Crippen LogP contribution in [0.5, 0.6) is 0 Å². The zero-order valence-electron chi connectivity index (χ0n) is 11.1. The molecule has 0 radical (unpaired) electrons. The van der Waals surface area contributed by atoms with E-state index in [4.69, 9.17) is 29.8 Å². The number of benzene rings is 2. The van der Waals surface area contributed by atoms with Gasteiger partial charge in [-0.2, -0.15) is 0 Å². The first kappa shape index (κ1) is 15.8. The molecule has 21 heavy (non-hydrogen) atoms. The SMILES string of the molecule is C#[N+][C@@H](c1cc(Cl)ccc1Cl)S(=O)(=O)c1ccc(C)cc1. The highest BCUT2D eigenvalue weighted by atomic mass is 35.5. The van der Waals surface area contributed by atoms with Gasteiger partial charge in [0.15, 0.2) is 0 Å². The Morgan fingerprint density at radius 1 is 1.10 bits per heavy atom. The van der Waals surface area contributed by atoms with E-state index >= 15 is 0 Å². The summed E-state index contributed by atoms with van der Waals surface area (Å²) in [5.74, 6) is 0. The minimum atomic E-state index is -3.79. The lowest BCUT2D eigenvalue weighted by atomic mass is 10.2. The average Bonchev–Trinajstić information content (AvgIpc) is 2.43. The summed E-state index contributed by atoms with van der Waals surface area (Å²) in [5, 5.41) is -0.692. The van der Waals surface area contributed by atoms with Crippen molar-refractivity contribution < 1.29 is 8.42 Å². The maximum Gasteiger partial charge on any atom is 0.399 e. The molecular weight excluding hydrogens is 329 g/mol. The van der Waals surface area contributed by atoms with Crippen molar-refractivity contribution in [1.29, 1.82) is 0 Å². The summed E-state index contributed by atoms with van der Waals surface area (Å²) >= 11 is 11.9. The second-order valence-electron chi connectivity index (χ2n) is 4.53. The Balaban J connectivity index is 2.58. The van der Waals surface area contributed by atoms with Gasteiger partial charge in [0.05, 0.1) is 15.5 Å². The Morgan fingerprint density at radius 3 is 2.29 bits per heavy atom. The number of aryl methyl sites for hydroxylation is 1. The maximum absolute atomic E-state index is 12.7. The molecule has 0 unspecified atom stereocenters.